The lowest BCUT2D eigenvalue weighted by Crippen LogP contribution is -2.20. The lowest BCUT2D eigenvalue weighted by molar-refractivity contribution is 0.703. The molecule has 0 aromatic carbocycles. The Hall–Kier alpha value is -0.480. The van der Waals surface area contributed by atoms with Crippen LogP contribution in [0.2, 0.25) is 5.02 Å². The highest BCUT2D eigenvalue weighted by Gasteiger charge is 2.04. The standard InChI is InChI=1S/C6H7ClN2OS/c1-9-6(10)5(7)4(3-11)2-8-9/h2,11H,3H2,1H3. The van der Waals surface area contributed by atoms with E-state index in [1.54, 1.807) is 7.05 Å². The molecule has 0 saturated heterocycles. The van der Waals surface area contributed by atoms with E-state index in [-0.39, 0.29) is 10.6 Å². The van der Waals surface area contributed by atoms with Gasteiger partial charge in [-0.25, -0.2) is 4.68 Å². The molecule has 0 saturated carbocycles. The second-order valence-corrected chi connectivity index (χ2v) is 2.76. The maximum absolute atomic E-state index is 11.1. The number of rotatable bonds is 1. The van der Waals surface area contributed by atoms with E-state index in [0.29, 0.717) is 11.3 Å². The van der Waals surface area contributed by atoms with E-state index in [0.717, 1.165) is 0 Å². The molecule has 0 spiro atoms. The summed E-state index contributed by atoms with van der Waals surface area (Å²) in [6.07, 6.45) is 1.54. The van der Waals surface area contributed by atoms with Crippen molar-refractivity contribution in [2.75, 3.05) is 0 Å². The summed E-state index contributed by atoms with van der Waals surface area (Å²) in [5.74, 6) is 0.432. The maximum atomic E-state index is 11.1. The summed E-state index contributed by atoms with van der Waals surface area (Å²) in [6.45, 7) is 0. The first-order chi connectivity index (χ1) is 5.16. The van der Waals surface area contributed by atoms with Crippen LogP contribution in [0.25, 0.3) is 0 Å². The molecule has 0 aliphatic carbocycles. The first kappa shape index (κ1) is 8.62. The van der Waals surface area contributed by atoms with Gasteiger partial charge in [0.25, 0.3) is 5.56 Å². The highest BCUT2D eigenvalue weighted by Crippen LogP contribution is 2.10. The smallest absolute Gasteiger partial charge is 0.266 e. The Labute approximate surface area is 74.4 Å². The Bertz CT molecular complexity index is 323. The van der Waals surface area contributed by atoms with E-state index in [2.05, 4.69) is 17.7 Å². The van der Waals surface area contributed by atoms with Gasteiger partial charge in [-0.05, 0) is 0 Å². The summed E-state index contributed by atoms with van der Waals surface area (Å²) < 4.78 is 1.19. The van der Waals surface area contributed by atoms with Crippen molar-refractivity contribution in [2.45, 2.75) is 5.75 Å². The summed E-state index contributed by atoms with van der Waals surface area (Å²) in [5.41, 5.74) is 0.385. The normalized spacial score (nSPS) is 10.1. The minimum atomic E-state index is -0.279. The van der Waals surface area contributed by atoms with Crippen LogP contribution < -0.4 is 5.56 Å². The molecule has 1 rings (SSSR count). The van der Waals surface area contributed by atoms with Crippen molar-refractivity contribution in [3.05, 3.63) is 27.1 Å². The molecule has 1 heterocycles. The molecule has 1 aromatic rings. The monoisotopic (exact) mass is 190 g/mol. The molecule has 0 amide bonds. The molecule has 0 unspecified atom stereocenters. The molecular formula is C6H7ClN2OS. The number of halogens is 1. The highest BCUT2D eigenvalue weighted by atomic mass is 35.5. The van der Waals surface area contributed by atoms with Crippen LogP contribution in [-0.2, 0) is 12.8 Å². The first-order valence-corrected chi connectivity index (χ1v) is 3.99. The third kappa shape index (κ3) is 1.57. The summed E-state index contributed by atoms with van der Waals surface area (Å²) >= 11 is 9.67. The van der Waals surface area contributed by atoms with Gasteiger partial charge < -0.3 is 0 Å². The summed E-state index contributed by atoms with van der Waals surface area (Å²) in [6, 6.07) is 0. The van der Waals surface area contributed by atoms with Crippen molar-refractivity contribution >= 4 is 24.2 Å². The van der Waals surface area contributed by atoms with Crippen molar-refractivity contribution in [1.29, 1.82) is 0 Å². The average Bonchev–Trinajstić information content (AvgIpc) is 2.01. The molecule has 0 radical (unpaired) electrons. The van der Waals surface area contributed by atoms with Gasteiger partial charge >= 0.3 is 0 Å². The molecule has 0 bridgehead atoms. The van der Waals surface area contributed by atoms with Crippen molar-refractivity contribution in [3.63, 3.8) is 0 Å². The number of aromatic nitrogens is 2. The number of thiol groups is 1. The predicted molar refractivity (Wildman–Crippen MR) is 47.2 cm³/mol. The number of nitrogens with zero attached hydrogens (tertiary/aromatic N) is 2. The molecule has 0 fully saturated rings. The average molecular weight is 191 g/mol. The first-order valence-electron chi connectivity index (χ1n) is 2.98. The van der Waals surface area contributed by atoms with Crippen LogP contribution in [-0.4, -0.2) is 9.78 Å². The van der Waals surface area contributed by atoms with Crippen molar-refractivity contribution in [1.82, 2.24) is 9.78 Å². The van der Waals surface area contributed by atoms with Gasteiger partial charge in [0, 0.05) is 18.4 Å². The molecule has 0 atom stereocenters. The van der Waals surface area contributed by atoms with E-state index >= 15 is 0 Å². The maximum Gasteiger partial charge on any atom is 0.285 e. The summed E-state index contributed by atoms with van der Waals surface area (Å²) in [5, 5.41) is 3.99. The molecule has 5 heteroatoms. The molecular weight excluding hydrogens is 184 g/mol. The lowest BCUT2D eigenvalue weighted by atomic mass is 10.3. The van der Waals surface area contributed by atoms with Crippen molar-refractivity contribution < 1.29 is 0 Å². The summed E-state index contributed by atoms with van der Waals surface area (Å²) in [4.78, 5) is 11.1. The second-order valence-electron chi connectivity index (χ2n) is 2.07. The van der Waals surface area contributed by atoms with Gasteiger partial charge in [-0.15, -0.1) is 0 Å². The minimum Gasteiger partial charge on any atom is -0.266 e. The van der Waals surface area contributed by atoms with Crippen LogP contribution in [0.5, 0.6) is 0 Å². The van der Waals surface area contributed by atoms with Gasteiger partial charge in [0.2, 0.25) is 0 Å². The molecule has 1 aromatic heterocycles. The van der Waals surface area contributed by atoms with Crippen LogP contribution >= 0.6 is 24.2 Å². The molecule has 0 N–H and O–H groups in total. The third-order valence-corrected chi connectivity index (χ3v) is 2.07. The topological polar surface area (TPSA) is 34.9 Å². The van der Waals surface area contributed by atoms with Crippen molar-refractivity contribution in [3.8, 4) is 0 Å². The van der Waals surface area contributed by atoms with E-state index in [4.69, 9.17) is 11.6 Å². The van der Waals surface area contributed by atoms with Crippen LogP contribution in [0.15, 0.2) is 11.0 Å². The third-order valence-electron chi connectivity index (χ3n) is 1.32. The Morgan fingerprint density at radius 1 is 1.82 bits per heavy atom. The van der Waals surface area contributed by atoms with Crippen LogP contribution in [0, 0.1) is 0 Å². The lowest BCUT2D eigenvalue weighted by Gasteiger charge is -1.99. The van der Waals surface area contributed by atoms with E-state index in [9.17, 15) is 4.79 Å². The van der Waals surface area contributed by atoms with E-state index < -0.39 is 0 Å². The fourth-order valence-corrected chi connectivity index (χ4v) is 1.23. The Balaban J connectivity index is 3.37. The van der Waals surface area contributed by atoms with Crippen molar-refractivity contribution in [2.24, 2.45) is 7.05 Å². The Kier molecular flexibility index (Phi) is 2.57. The highest BCUT2D eigenvalue weighted by molar-refractivity contribution is 7.79. The number of hydrogen-bond donors (Lipinski definition) is 1. The fourth-order valence-electron chi connectivity index (χ4n) is 0.655. The van der Waals surface area contributed by atoms with E-state index in [1.807, 2.05) is 0 Å². The predicted octanol–water partition coefficient (Wildman–Crippen LogP) is 0.863. The minimum absolute atomic E-state index is 0.206. The summed E-state index contributed by atoms with van der Waals surface area (Å²) in [7, 11) is 1.55. The zero-order chi connectivity index (χ0) is 8.43. The van der Waals surface area contributed by atoms with Gasteiger partial charge in [0.1, 0.15) is 5.02 Å². The molecule has 60 valence electrons. The fraction of sp³-hybridized carbons (Fsp3) is 0.333. The molecule has 11 heavy (non-hydrogen) atoms. The second kappa shape index (κ2) is 3.28. The number of aryl methyl sites for hydroxylation is 1. The van der Waals surface area contributed by atoms with Crippen LogP contribution in [0.3, 0.4) is 0 Å². The number of hydrogen-bond acceptors (Lipinski definition) is 3. The quantitative estimate of drug-likeness (QED) is 0.667. The van der Waals surface area contributed by atoms with Gasteiger partial charge in [0.15, 0.2) is 0 Å². The van der Waals surface area contributed by atoms with Gasteiger partial charge in [0.05, 0.1) is 6.20 Å². The van der Waals surface area contributed by atoms with Gasteiger partial charge in [-0.1, -0.05) is 11.6 Å². The zero-order valence-electron chi connectivity index (χ0n) is 5.91. The molecule has 0 aliphatic heterocycles. The Morgan fingerprint density at radius 2 is 2.45 bits per heavy atom. The molecule has 0 aliphatic rings. The van der Waals surface area contributed by atoms with Crippen LogP contribution in [0.1, 0.15) is 5.56 Å². The van der Waals surface area contributed by atoms with Gasteiger partial charge in [-0.2, -0.15) is 17.7 Å². The zero-order valence-corrected chi connectivity index (χ0v) is 7.56. The molecule has 3 nitrogen and oxygen atoms in total. The Morgan fingerprint density at radius 3 is 3.00 bits per heavy atom. The van der Waals surface area contributed by atoms with E-state index in [1.165, 1.54) is 10.9 Å². The van der Waals surface area contributed by atoms with Gasteiger partial charge in [-0.3, -0.25) is 4.79 Å². The largest absolute Gasteiger partial charge is 0.285 e. The SMILES string of the molecule is Cn1ncc(CS)c(Cl)c1=O. The van der Waals surface area contributed by atoms with Crippen LogP contribution in [0.4, 0.5) is 0 Å².